The first kappa shape index (κ1) is 13.9. The van der Waals surface area contributed by atoms with Gasteiger partial charge in [0.25, 0.3) is 0 Å². The third-order valence-electron chi connectivity index (χ3n) is 2.81. The molecular weight excluding hydrogens is 221 g/mol. The zero-order valence-corrected chi connectivity index (χ0v) is 10.5. The number of hydrogen-bond acceptors (Lipinski definition) is 3. The Labute approximate surface area is 102 Å². The van der Waals surface area contributed by atoms with Crippen molar-refractivity contribution < 1.29 is 14.2 Å². The number of hydrogen-bond donors (Lipinski definition) is 2. The lowest BCUT2D eigenvalue weighted by molar-refractivity contribution is 0.163. The van der Waals surface area contributed by atoms with Gasteiger partial charge in [0.1, 0.15) is 0 Å². The summed E-state index contributed by atoms with van der Waals surface area (Å²) in [6.07, 6.45) is 0.344. The summed E-state index contributed by atoms with van der Waals surface area (Å²) in [6.45, 7) is 4.36. The van der Waals surface area contributed by atoms with Crippen molar-refractivity contribution in [3.05, 3.63) is 29.6 Å². The molecule has 0 aromatic heterocycles. The number of halogens is 1. The van der Waals surface area contributed by atoms with Gasteiger partial charge in [-0.15, -0.1) is 0 Å². The SMILES string of the molecule is CC[C@@H](O)CN[C@@H](C)c1ccc(OC)c(F)c1. The fourth-order valence-electron chi connectivity index (χ4n) is 1.53. The van der Waals surface area contributed by atoms with E-state index >= 15 is 0 Å². The summed E-state index contributed by atoms with van der Waals surface area (Å²) < 4.78 is 18.3. The third kappa shape index (κ3) is 3.98. The van der Waals surface area contributed by atoms with Crippen molar-refractivity contribution in [1.29, 1.82) is 0 Å². The molecule has 17 heavy (non-hydrogen) atoms. The fraction of sp³-hybridized carbons (Fsp3) is 0.538. The number of nitrogens with one attached hydrogen (secondary N) is 1. The second-order valence-electron chi connectivity index (χ2n) is 4.09. The quantitative estimate of drug-likeness (QED) is 0.802. The Bertz CT molecular complexity index is 357. The van der Waals surface area contributed by atoms with E-state index in [4.69, 9.17) is 4.74 Å². The molecule has 1 aromatic carbocycles. The summed E-state index contributed by atoms with van der Waals surface area (Å²) in [4.78, 5) is 0. The molecule has 1 rings (SSSR count). The normalized spacial score (nSPS) is 14.4. The molecule has 0 spiro atoms. The van der Waals surface area contributed by atoms with Crippen LogP contribution in [0.5, 0.6) is 5.75 Å². The topological polar surface area (TPSA) is 41.5 Å². The molecule has 0 bridgehead atoms. The highest BCUT2D eigenvalue weighted by molar-refractivity contribution is 5.30. The average Bonchev–Trinajstić information content (AvgIpc) is 2.35. The van der Waals surface area contributed by atoms with Gasteiger partial charge in [0.15, 0.2) is 11.6 Å². The number of aliphatic hydroxyl groups excluding tert-OH is 1. The van der Waals surface area contributed by atoms with Crippen molar-refractivity contribution in [2.24, 2.45) is 0 Å². The van der Waals surface area contributed by atoms with Crippen LogP contribution in [0.15, 0.2) is 18.2 Å². The molecule has 0 radical (unpaired) electrons. The Hall–Kier alpha value is -1.13. The van der Waals surface area contributed by atoms with Crippen LogP contribution in [0.25, 0.3) is 0 Å². The fourth-order valence-corrected chi connectivity index (χ4v) is 1.53. The second kappa shape index (κ2) is 6.57. The number of methoxy groups -OCH3 is 1. The van der Waals surface area contributed by atoms with Gasteiger partial charge in [-0.1, -0.05) is 13.0 Å². The van der Waals surface area contributed by atoms with E-state index in [0.29, 0.717) is 13.0 Å². The van der Waals surface area contributed by atoms with Gasteiger partial charge in [0.2, 0.25) is 0 Å². The summed E-state index contributed by atoms with van der Waals surface area (Å²) in [6, 6.07) is 4.88. The molecule has 4 heteroatoms. The molecule has 0 aliphatic carbocycles. The summed E-state index contributed by atoms with van der Waals surface area (Å²) in [7, 11) is 1.44. The summed E-state index contributed by atoms with van der Waals surface area (Å²) >= 11 is 0. The van der Waals surface area contributed by atoms with Crippen LogP contribution in [0, 0.1) is 5.82 Å². The standard InChI is InChI=1S/C13H20FNO2/c1-4-11(16)8-15-9(2)10-5-6-13(17-3)12(14)7-10/h5-7,9,11,15-16H,4,8H2,1-3H3/t9-,11+/m0/s1. The van der Waals surface area contributed by atoms with Crippen LogP contribution >= 0.6 is 0 Å². The number of benzene rings is 1. The van der Waals surface area contributed by atoms with Gasteiger partial charge < -0.3 is 15.2 Å². The largest absolute Gasteiger partial charge is 0.494 e. The van der Waals surface area contributed by atoms with Crippen molar-refractivity contribution in [2.45, 2.75) is 32.4 Å². The molecule has 0 heterocycles. The predicted molar refractivity (Wildman–Crippen MR) is 65.7 cm³/mol. The molecule has 0 fully saturated rings. The summed E-state index contributed by atoms with van der Waals surface area (Å²) in [5.74, 6) is -0.121. The Morgan fingerprint density at radius 2 is 2.18 bits per heavy atom. The minimum atomic E-state index is -0.366. The lowest BCUT2D eigenvalue weighted by Gasteiger charge is -2.17. The molecule has 96 valence electrons. The van der Waals surface area contributed by atoms with Gasteiger partial charge in [0, 0.05) is 12.6 Å². The molecule has 2 atom stereocenters. The monoisotopic (exact) mass is 241 g/mol. The van der Waals surface area contributed by atoms with Crippen molar-refractivity contribution in [1.82, 2.24) is 5.32 Å². The smallest absolute Gasteiger partial charge is 0.165 e. The van der Waals surface area contributed by atoms with Crippen LogP contribution in [0.2, 0.25) is 0 Å². The van der Waals surface area contributed by atoms with Crippen molar-refractivity contribution in [3.63, 3.8) is 0 Å². The minimum absolute atomic E-state index is 0.00314. The summed E-state index contributed by atoms with van der Waals surface area (Å²) in [5, 5.41) is 12.6. The summed E-state index contributed by atoms with van der Waals surface area (Å²) in [5.41, 5.74) is 0.839. The maximum absolute atomic E-state index is 13.5. The minimum Gasteiger partial charge on any atom is -0.494 e. The van der Waals surface area contributed by atoms with Crippen LogP contribution in [0.1, 0.15) is 31.9 Å². The lowest BCUT2D eigenvalue weighted by atomic mass is 10.1. The van der Waals surface area contributed by atoms with E-state index in [9.17, 15) is 9.50 Å². The first-order valence-electron chi connectivity index (χ1n) is 5.83. The van der Waals surface area contributed by atoms with E-state index in [1.54, 1.807) is 6.07 Å². The van der Waals surface area contributed by atoms with Crippen LogP contribution in [0.3, 0.4) is 0 Å². The van der Waals surface area contributed by atoms with Crippen molar-refractivity contribution >= 4 is 0 Å². The van der Waals surface area contributed by atoms with Crippen LogP contribution in [-0.2, 0) is 0 Å². The molecule has 0 aliphatic heterocycles. The number of ether oxygens (including phenoxy) is 1. The maximum atomic E-state index is 13.5. The van der Waals surface area contributed by atoms with Crippen LogP contribution in [0.4, 0.5) is 4.39 Å². The molecule has 0 unspecified atom stereocenters. The van der Waals surface area contributed by atoms with Gasteiger partial charge in [-0.05, 0) is 31.0 Å². The van der Waals surface area contributed by atoms with E-state index < -0.39 is 0 Å². The van der Waals surface area contributed by atoms with Gasteiger partial charge in [0.05, 0.1) is 13.2 Å². The van der Waals surface area contributed by atoms with Crippen molar-refractivity contribution in [2.75, 3.05) is 13.7 Å². The maximum Gasteiger partial charge on any atom is 0.165 e. The Morgan fingerprint density at radius 3 is 2.71 bits per heavy atom. The van der Waals surface area contributed by atoms with E-state index in [0.717, 1.165) is 5.56 Å². The third-order valence-corrected chi connectivity index (χ3v) is 2.81. The van der Waals surface area contributed by atoms with E-state index in [-0.39, 0.29) is 23.7 Å². The van der Waals surface area contributed by atoms with E-state index in [1.807, 2.05) is 19.9 Å². The first-order chi connectivity index (χ1) is 8.08. The Kier molecular flexibility index (Phi) is 5.38. The number of rotatable bonds is 6. The highest BCUT2D eigenvalue weighted by atomic mass is 19.1. The zero-order chi connectivity index (χ0) is 12.8. The molecular formula is C13H20FNO2. The van der Waals surface area contributed by atoms with Crippen LogP contribution in [-0.4, -0.2) is 24.9 Å². The molecule has 3 nitrogen and oxygen atoms in total. The number of aliphatic hydroxyl groups is 1. The molecule has 0 saturated heterocycles. The predicted octanol–water partition coefficient (Wildman–Crippen LogP) is 2.26. The van der Waals surface area contributed by atoms with Gasteiger partial charge >= 0.3 is 0 Å². The highest BCUT2D eigenvalue weighted by Crippen LogP contribution is 2.21. The van der Waals surface area contributed by atoms with Gasteiger partial charge in [-0.3, -0.25) is 0 Å². The van der Waals surface area contributed by atoms with Gasteiger partial charge in [-0.25, -0.2) is 4.39 Å². The lowest BCUT2D eigenvalue weighted by Crippen LogP contribution is -2.28. The average molecular weight is 241 g/mol. The van der Waals surface area contributed by atoms with E-state index in [1.165, 1.54) is 13.2 Å². The molecule has 2 N–H and O–H groups in total. The van der Waals surface area contributed by atoms with Crippen LogP contribution < -0.4 is 10.1 Å². The molecule has 0 amide bonds. The Morgan fingerprint density at radius 1 is 1.47 bits per heavy atom. The highest BCUT2D eigenvalue weighted by Gasteiger charge is 2.10. The second-order valence-corrected chi connectivity index (χ2v) is 4.09. The molecule has 0 aliphatic rings. The van der Waals surface area contributed by atoms with Crippen molar-refractivity contribution in [3.8, 4) is 5.75 Å². The zero-order valence-electron chi connectivity index (χ0n) is 10.5. The Balaban J connectivity index is 2.63. The molecule has 1 aromatic rings. The van der Waals surface area contributed by atoms with Gasteiger partial charge in [-0.2, -0.15) is 0 Å². The van der Waals surface area contributed by atoms with E-state index in [2.05, 4.69) is 5.32 Å². The molecule has 0 saturated carbocycles. The first-order valence-corrected chi connectivity index (χ1v) is 5.83.